The molecule has 0 spiro atoms. The Morgan fingerprint density at radius 1 is 1.17 bits per heavy atom. The minimum absolute atomic E-state index is 0.0420. The lowest BCUT2D eigenvalue weighted by molar-refractivity contribution is -0.718. The third kappa shape index (κ3) is 5.27. The van der Waals surface area contributed by atoms with Crippen LogP contribution >= 0.6 is 11.6 Å². The highest BCUT2D eigenvalue weighted by Gasteiger charge is 2.38. The zero-order chi connectivity index (χ0) is 25.1. The van der Waals surface area contributed by atoms with Crippen molar-refractivity contribution in [1.29, 1.82) is 0 Å². The van der Waals surface area contributed by atoms with Crippen LogP contribution in [0.15, 0.2) is 35.7 Å². The molecular formula is C26H31ClN4O5. The Morgan fingerprint density at radius 3 is 2.69 bits per heavy atom. The minimum Gasteiger partial charge on any atom is -0.569 e. The Labute approximate surface area is 215 Å². The van der Waals surface area contributed by atoms with E-state index in [1.807, 2.05) is 24.3 Å². The molecule has 2 aliphatic heterocycles. The van der Waals surface area contributed by atoms with E-state index in [9.17, 15) is 10.0 Å². The fourth-order valence-corrected chi connectivity index (χ4v) is 5.31. The zero-order valence-electron chi connectivity index (χ0n) is 20.4. The molecule has 192 valence electrons. The first kappa shape index (κ1) is 24.8. The van der Waals surface area contributed by atoms with Crippen molar-refractivity contribution < 1.29 is 24.1 Å². The van der Waals surface area contributed by atoms with Crippen LogP contribution < -0.4 is 4.74 Å². The van der Waals surface area contributed by atoms with Gasteiger partial charge in [0.25, 0.3) is 0 Å². The molecule has 0 amide bonds. The van der Waals surface area contributed by atoms with Gasteiger partial charge in [-0.25, -0.2) is 4.79 Å². The number of hydrazine groups is 1. The molecule has 2 fully saturated rings. The second-order valence-electron chi connectivity index (χ2n) is 9.64. The molecule has 9 nitrogen and oxygen atoms in total. The number of halogens is 1. The molecule has 1 saturated carbocycles. The van der Waals surface area contributed by atoms with Gasteiger partial charge in [-0.15, -0.1) is 5.01 Å². The minimum atomic E-state index is -0.750. The van der Waals surface area contributed by atoms with Gasteiger partial charge >= 0.3 is 5.97 Å². The highest BCUT2D eigenvalue weighted by molar-refractivity contribution is 6.30. The molecular weight excluding hydrogens is 484 g/mol. The number of esters is 1. The summed E-state index contributed by atoms with van der Waals surface area (Å²) in [5.74, 6) is -0.107. The van der Waals surface area contributed by atoms with Crippen LogP contribution in [0, 0.1) is 12.1 Å². The number of carbonyl (C=O) groups is 1. The van der Waals surface area contributed by atoms with E-state index in [0.717, 1.165) is 55.2 Å². The number of aryl methyl sites for hydroxylation is 1. The molecule has 1 aromatic heterocycles. The van der Waals surface area contributed by atoms with Gasteiger partial charge in [-0.3, -0.25) is 4.98 Å². The molecule has 36 heavy (non-hydrogen) atoms. The molecule has 5 rings (SSSR count). The number of nitrogens with zero attached hydrogens (tertiary/aromatic N) is 4. The fourth-order valence-electron chi connectivity index (χ4n) is 5.19. The predicted octanol–water partition coefficient (Wildman–Crippen LogP) is 5.56. The van der Waals surface area contributed by atoms with Gasteiger partial charge in [-0.2, -0.15) is 0 Å². The van der Waals surface area contributed by atoms with Crippen molar-refractivity contribution in [2.75, 3.05) is 6.54 Å². The van der Waals surface area contributed by atoms with E-state index in [0.29, 0.717) is 41.0 Å². The molecule has 1 unspecified atom stereocenters. The maximum absolute atomic E-state index is 13.3. The SMILES string of the molecule is Cc1ncc2c(c1OC(=O)C1CCCCN1[N+]([O-])=NOC1CCCCC1)CO[C@H]2c1ccc(Cl)cc1. The van der Waals surface area contributed by atoms with E-state index in [2.05, 4.69) is 10.3 Å². The summed E-state index contributed by atoms with van der Waals surface area (Å²) in [6, 6.07) is 6.70. The summed E-state index contributed by atoms with van der Waals surface area (Å²) in [6.45, 7) is 2.50. The predicted molar refractivity (Wildman–Crippen MR) is 131 cm³/mol. The highest BCUT2D eigenvalue weighted by Crippen LogP contribution is 2.41. The van der Waals surface area contributed by atoms with Crippen molar-refractivity contribution in [3.63, 3.8) is 0 Å². The summed E-state index contributed by atoms with van der Waals surface area (Å²) < 4.78 is 12.0. The van der Waals surface area contributed by atoms with Gasteiger partial charge in [0.2, 0.25) is 5.28 Å². The van der Waals surface area contributed by atoms with Crippen LogP contribution in [0.3, 0.4) is 0 Å². The Kier molecular flexibility index (Phi) is 7.57. The molecule has 1 saturated heterocycles. The van der Waals surface area contributed by atoms with Crippen molar-refractivity contribution >= 4 is 17.6 Å². The normalized spacial score (nSPS) is 22.8. The monoisotopic (exact) mass is 514 g/mol. The van der Waals surface area contributed by atoms with Gasteiger partial charge in [0.15, 0.2) is 11.8 Å². The Morgan fingerprint density at radius 2 is 1.92 bits per heavy atom. The lowest BCUT2D eigenvalue weighted by atomic mass is 9.98. The molecule has 1 aliphatic carbocycles. The number of fused-ring (bicyclic) bond motifs is 1. The van der Waals surface area contributed by atoms with Crippen LogP contribution in [0.1, 0.15) is 79.9 Å². The van der Waals surface area contributed by atoms with E-state index in [1.54, 1.807) is 13.1 Å². The summed E-state index contributed by atoms with van der Waals surface area (Å²) in [5.41, 5.74) is 3.19. The first-order chi connectivity index (χ1) is 17.5. The van der Waals surface area contributed by atoms with Crippen LogP contribution in [-0.2, 0) is 21.0 Å². The number of benzene rings is 1. The number of carbonyl (C=O) groups excluding carboxylic acids is 1. The summed E-state index contributed by atoms with van der Waals surface area (Å²) in [6.07, 6.45) is 8.65. The van der Waals surface area contributed by atoms with Gasteiger partial charge in [0.05, 0.1) is 23.8 Å². The second-order valence-corrected chi connectivity index (χ2v) is 10.1. The van der Waals surface area contributed by atoms with E-state index in [-0.39, 0.29) is 12.2 Å². The average Bonchev–Trinajstić information content (AvgIpc) is 3.34. The summed E-state index contributed by atoms with van der Waals surface area (Å²) in [5, 5.41) is 18.6. The van der Waals surface area contributed by atoms with Crippen LogP contribution in [-0.4, -0.2) is 39.6 Å². The van der Waals surface area contributed by atoms with Gasteiger partial charge in [0, 0.05) is 22.3 Å². The number of pyridine rings is 1. The van der Waals surface area contributed by atoms with Gasteiger partial charge < -0.3 is 19.5 Å². The number of rotatable bonds is 6. The number of hydrogen-bond donors (Lipinski definition) is 0. The second kappa shape index (κ2) is 11.0. The summed E-state index contributed by atoms with van der Waals surface area (Å²) in [4.78, 5) is 23.7. The largest absolute Gasteiger partial charge is 0.569 e. The van der Waals surface area contributed by atoms with Crippen molar-refractivity contribution in [3.8, 4) is 5.75 Å². The molecule has 0 bridgehead atoms. The summed E-state index contributed by atoms with van der Waals surface area (Å²) in [7, 11) is 0. The Balaban J connectivity index is 1.32. The quantitative estimate of drug-likeness (QED) is 0.215. The molecule has 2 aromatic rings. The van der Waals surface area contributed by atoms with Crippen molar-refractivity contribution in [3.05, 3.63) is 63.1 Å². The first-order valence-electron chi connectivity index (χ1n) is 12.7. The molecule has 2 atom stereocenters. The maximum atomic E-state index is 13.3. The Hall–Kier alpha value is -2.91. The third-order valence-corrected chi connectivity index (χ3v) is 7.44. The number of hydrogen-bond acceptors (Lipinski definition) is 7. The standard InChI is InChI=1S/C26H31ClN4O5/c1-17-24(22-16-34-25(21(22)15-28-17)18-10-12-19(27)13-11-18)35-26(32)23-9-5-6-14-30(23)31(33)29-36-20-7-3-2-4-8-20/h10-13,15,20,23,25H,2-9,14,16H2,1H3/t23?,25-/m0/s1. The van der Waals surface area contributed by atoms with E-state index in [1.165, 1.54) is 11.4 Å². The van der Waals surface area contributed by atoms with Crippen molar-refractivity contribution in [2.45, 2.75) is 83.1 Å². The molecule has 3 heterocycles. The zero-order valence-corrected chi connectivity index (χ0v) is 21.2. The Bertz CT molecular complexity index is 1120. The van der Waals surface area contributed by atoms with E-state index < -0.39 is 12.0 Å². The van der Waals surface area contributed by atoms with E-state index in [4.69, 9.17) is 25.9 Å². The van der Waals surface area contributed by atoms with Crippen LogP contribution in [0.2, 0.25) is 5.02 Å². The number of piperidine rings is 1. The lowest BCUT2D eigenvalue weighted by Gasteiger charge is -2.29. The molecule has 3 aliphatic rings. The van der Waals surface area contributed by atoms with Gasteiger partial charge in [-0.1, -0.05) is 30.2 Å². The van der Waals surface area contributed by atoms with Crippen LogP contribution in [0.5, 0.6) is 5.75 Å². The van der Waals surface area contributed by atoms with Crippen molar-refractivity contribution in [2.24, 2.45) is 5.28 Å². The molecule has 1 aromatic carbocycles. The molecule has 10 heteroatoms. The van der Waals surface area contributed by atoms with Crippen LogP contribution in [0.4, 0.5) is 0 Å². The summed E-state index contributed by atoms with van der Waals surface area (Å²) >= 11 is 6.03. The molecule has 0 N–H and O–H groups in total. The van der Waals surface area contributed by atoms with Gasteiger partial charge in [0.1, 0.15) is 12.2 Å². The number of ether oxygens (including phenoxy) is 2. The first-order valence-corrected chi connectivity index (χ1v) is 13.1. The average molecular weight is 515 g/mol. The van der Waals surface area contributed by atoms with E-state index >= 15 is 0 Å². The topological polar surface area (TPSA) is 99.3 Å². The fraction of sp³-hybridized carbons (Fsp3) is 0.538. The number of aromatic nitrogens is 1. The maximum Gasteiger partial charge on any atom is 0.340 e. The molecule has 0 radical (unpaired) electrons. The van der Waals surface area contributed by atoms with Crippen molar-refractivity contribution in [1.82, 2.24) is 9.99 Å². The van der Waals surface area contributed by atoms with Crippen LogP contribution in [0.25, 0.3) is 0 Å². The lowest BCUT2D eigenvalue weighted by Crippen LogP contribution is -2.49. The van der Waals surface area contributed by atoms with Gasteiger partial charge in [-0.05, 0) is 69.6 Å². The smallest absolute Gasteiger partial charge is 0.340 e. The third-order valence-electron chi connectivity index (χ3n) is 7.19. The highest BCUT2D eigenvalue weighted by atomic mass is 35.5.